The molecule has 0 aliphatic carbocycles. The Morgan fingerprint density at radius 3 is 2.43 bits per heavy atom. The molecule has 0 bridgehead atoms. The molecule has 1 heterocycles. The Morgan fingerprint density at radius 1 is 1.17 bits per heavy atom. The second-order valence-corrected chi connectivity index (χ2v) is 4.22. The van der Waals surface area contributed by atoms with Crippen LogP contribution < -0.4 is 15.8 Å². The lowest BCUT2D eigenvalue weighted by molar-refractivity contribution is -0.274. The van der Waals surface area contributed by atoms with Crippen LogP contribution in [0.15, 0.2) is 53.7 Å². The van der Waals surface area contributed by atoms with Crippen LogP contribution in [0.1, 0.15) is 5.69 Å². The molecule has 1 aromatic carbocycles. The number of alkyl halides is 3. The van der Waals surface area contributed by atoms with Crippen LogP contribution >= 0.6 is 24.0 Å². The van der Waals surface area contributed by atoms with Gasteiger partial charge in [0.25, 0.3) is 0 Å². The fourth-order valence-corrected chi connectivity index (χ4v) is 1.59. The molecule has 0 radical (unpaired) electrons. The average molecular weight is 438 g/mol. The number of nitrogens with zero attached hydrogens (tertiary/aromatic N) is 2. The third-order valence-electron chi connectivity index (χ3n) is 2.50. The standard InChI is InChI=1S/C14H13F3N4O.HI/c15-14(16,17)22-12-6-4-10(5-7-12)21-13(18)20-9-11-3-1-2-8-19-11;/h1-8H,9H2,(H3,18,20,21);1H. The molecule has 23 heavy (non-hydrogen) atoms. The van der Waals surface area contributed by atoms with E-state index in [1.165, 1.54) is 24.3 Å². The quantitative estimate of drug-likeness (QED) is 0.436. The molecule has 3 N–H and O–H groups in total. The fourth-order valence-electron chi connectivity index (χ4n) is 1.59. The van der Waals surface area contributed by atoms with E-state index >= 15 is 0 Å². The number of nitrogens with one attached hydrogen (secondary N) is 1. The first-order valence-electron chi connectivity index (χ1n) is 6.25. The maximum atomic E-state index is 12.0. The summed E-state index contributed by atoms with van der Waals surface area (Å²) < 4.78 is 39.9. The average Bonchev–Trinajstić information content (AvgIpc) is 2.47. The van der Waals surface area contributed by atoms with Gasteiger partial charge in [-0.15, -0.1) is 37.1 Å². The minimum absolute atomic E-state index is 0. The minimum Gasteiger partial charge on any atom is -0.406 e. The van der Waals surface area contributed by atoms with Crippen molar-refractivity contribution in [2.45, 2.75) is 12.9 Å². The Balaban J connectivity index is 0.00000264. The Labute approximate surface area is 147 Å². The topological polar surface area (TPSA) is 72.5 Å². The van der Waals surface area contributed by atoms with Crippen molar-refractivity contribution in [3.8, 4) is 5.75 Å². The van der Waals surface area contributed by atoms with Gasteiger partial charge >= 0.3 is 6.36 Å². The molecule has 0 atom stereocenters. The molecule has 2 aromatic rings. The van der Waals surface area contributed by atoms with Crippen molar-refractivity contribution in [3.63, 3.8) is 0 Å². The second-order valence-electron chi connectivity index (χ2n) is 4.22. The van der Waals surface area contributed by atoms with E-state index in [9.17, 15) is 13.2 Å². The SMILES string of the molecule is I.NC(=NCc1ccccn1)Nc1ccc(OC(F)(F)F)cc1. The van der Waals surface area contributed by atoms with E-state index in [4.69, 9.17) is 5.73 Å². The molecule has 0 aliphatic heterocycles. The lowest BCUT2D eigenvalue weighted by atomic mass is 10.3. The molecule has 0 spiro atoms. The molecule has 0 unspecified atom stereocenters. The number of rotatable bonds is 4. The van der Waals surface area contributed by atoms with E-state index in [0.717, 1.165) is 5.69 Å². The summed E-state index contributed by atoms with van der Waals surface area (Å²) in [4.78, 5) is 8.17. The molecule has 0 saturated heterocycles. The van der Waals surface area contributed by atoms with Gasteiger partial charge in [-0.05, 0) is 36.4 Å². The molecule has 124 valence electrons. The lowest BCUT2D eigenvalue weighted by Gasteiger charge is -2.10. The monoisotopic (exact) mass is 438 g/mol. The van der Waals surface area contributed by atoms with Gasteiger partial charge in [0.1, 0.15) is 5.75 Å². The van der Waals surface area contributed by atoms with Gasteiger partial charge in [-0.25, -0.2) is 4.99 Å². The van der Waals surface area contributed by atoms with Gasteiger partial charge in [0.15, 0.2) is 5.96 Å². The van der Waals surface area contributed by atoms with Crippen molar-refractivity contribution in [2.24, 2.45) is 10.7 Å². The highest BCUT2D eigenvalue weighted by molar-refractivity contribution is 14.0. The van der Waals surface area contributed by atoms with Crippen LogP contribution in [-0.2, 0) is 6.54 Å². The number of anilines is 1. The van der Waals surface area contributed by atoms with E-state index in [-0.39, 0.29) is 35.7 Å². The molecule has 0 aliphatic rings. The maximum Gasteiger partial charge on any atom is 0.573 e. The molecule has 9 heteroatoms. The predicted octanol–water partition coefficient (Wildman–Crippen LogP) is 3.53. The Hall–Kier alpha value is -2.04. The third kappa shape index (κ3) is 7.17. The van der Waals surface area contributed by atoms with E-state index in [1.54, 1.807) is 18.3 Å². The third-order valence-corrected chi connectivity index (χ3v) is 2.50. The number of aromatic nitrogens is 1. The zero-order valence-electron chi connectivity index (χ0n) is 11.7. The predicted molar refractivity (Wildman–Crippen MR) is 91.7 cm³/mol. The summed E-state index contributed by atoms with van der Waals surface area (Å²) in [6.07, 6.45) is -3.06. The van der Waals surface area contributed by atoms with Crippen molar-refractivity contribution < 1.29 is 17.9 Å². The number of hydrogen-bond donors (Lipinski definition) is 2. The molecule has 1 aromatic heterocycles. The molecule has 2 rings (SSSR count). The van der Waals surface area contributed by atoms with Gasteiger partial charge < -0.3 is 15.8 Å². The number of halogens is 4. The summed E-state index contributed by atoms with van der Waals surface area (Å²) in [7, 11) is 0. The molecular weight excluding hydrogens is 424 g/mol. The summed E-state index contributed by atoms with van der Waals surface area (Å²) in [5, 5.41) is 2.77. The smallest absolute Gasteiger partial charge is 0.406 e. The van der Waals surface area contributed by atoms with E-state index in [1.807, 2.05) is 6.07 Å². The molecule has 0 saturated carbocycles. The van der Waals surface area contributed by atoms with Crippen molar-refractivity contribution in [3.05, 3.63) is 54.4 Å². The van der Waals surface area contributed by atoms with Crippen LogP contribution in [-0.4, -0.2) is 17.3 Å². The van der Waals surface area contributed by atoms with Gasteiger partial charge in [-0.1, -0.05) is 6.07 Å². The summed E-state index contributed by atoms with van der Waals surface area (Å²) in [6.45, 7) is 0.301. The van der Waals surface area contributed by atoms with Gasteiger partial charge in [-0.3, -0.25) is 4.98 Å². The van der Waals surface area contributed by atoms with E-state index in [0.29, 0.717) is 12.2 Å². The second kappa shape index (κ2) is 8.56. The van der Waals surface area contributed by atoms with Gasteiger partial charge in [0.05, 0.1) is 12.2 Å². The minimum atomic E-state index is -4.71. The number of pyridine rings is 1. The van der Waals surface area contributed by atoms with Crippen LogP contribution in [0.4, 0.5) is 18.9 Å². The van der Waals surface area contributed by atoms with Crippen molar-refractivity contribution >= 4 is 35.6 Å². The summed E-state index contributed by atoms with van der Waals surface area (Å²) in [5.41, 5.74) is 6.94. The van der Waals surface area contributed by atoms with Crippen LogP contribution in [0.25, 0.3) is 0 Å². The molecule has 0 fully saturated rings. The number of ether oxygens (including phenoxy) is 1. The first-order valence-corrected chi connectivity index (χ1v) is 6.25. The molecule has 0 amide bonds. The highest BCUT2D eigenvalue weighted by Gasteiger charge is 2.30. The van der Waals surface area contributed by atoms with Crippen LogP contribution in [0, 0.1) is 0 Å². The molecular formula is C14H14F3IN4O. The van der Waals surface area contributed by atoms with Crippen LogP contribution in [0.5, 0.6) is 5.75 Å². The zero-order chi connectivity index (χ0) is 16.0. The largest absolute Gasteiger partial charge is 0.573 e. The van der Waals surface area contributed by atoms with Gasteiger partial charge in [-0.2, -0.15) is 0 Å². The summed E-state index contributed by atoms with van der Waals surface area (Å²) in [5.74, 6) is -0.169. The fraction of sp³-hybridized carbons (Fsp3) is 0.143. The van der Waals surface area contributed by atoms with Crippen LogP contribution in [0.2, 0.25) is 0 Å². The summed E-state index contributed by atoms with van der Waals surface area (Å²) >= 11 is 0. The number of hydrogen-bond acceptors (Lipinski definition) is 3. The number of aliphatic imine (C=N–C) groups is 1. The Bertz CT molecular complexity index is 633. The zero-order valence-corrected chi connectivity index (χ0v) is 14.1. The van der Waals surface area contributed by atoms with E-state index in [2.05, 4.69) is 20.0 Å². The number of guanidine groups is 1. The van der Waals surface area contributed by atoms with Crippen molar-refractivity contribution in [1.29, 1.82) is 0 Å². The highest BCUT2D eigenvalue weighted by Crippen LogP contribution is 2.23. The van der Waals surface area contributed by atoms with Crippen molar-refractivity contribution in [2.75, 3.05) is 5.32 Å². The Kier molecular flexibility index (Phi) is 7.07. The van der Waals surface area contributed by atoms with E-state index < -0.39 is 6.36 Å². The number of nitrogens with two attached hydrogens (primary N) is 1. The van der Waals surface area contributed by atoms with Gasteiger partial charge in [0, 0.05) is 11.9 Å². The normalized spacial score (nSPS) is 11.5. The molecule has 5 nitrogen and oxygen atoms in total. The van der Waals surface area contributed by atoms with Gasteiger partial charge in [0.2, 0.25) is 0 Å². The highest BCUT2D eigenvalue weighted by atomic mass is 127. The van der Waals surface area contributed by atoms with Crippen molar-refractivity contribution in [1.82, 2.24) is 4.98 Å². The first kappa shape index (κ1) is 19.0. The lowest BCUT2D eigenvalue weighted by Crippen LogP contribution is -2.22. The number of benzene rings is 1. The maximum absolute atomic E-state index is 12.0. The first-order chi connectivity index (χ1) is 10.4. The summed E-state index contributed by atoms with van der Waals surface area (Å²) in [6, 6.07) is 10.6. The van der Waals surface area contributed by atoms with Crippen LogP contribution in [0.3, 0.4) is 0 Å². The Morgan fingerprint density at radius 2 is 1.87 bits per heavy atom.